The predicted molar refractivity (Wildman–Crippen MR) is 97.4 cm³/mol. The Balaban J connectivity index is 2.73. The third kappa shape index (κ3) is 7.72. The first-order chi connectivity index (χ1) is 10.2. The molecule has 0 aromatic rings. The molecule has 1 aliphatic carbocycles. The fraction of sp³-hybridized carbons (Fsp3) is 1.00. The van der Waals surface area contributed by atoms with Gasteiger partial charge in [0.1, 0.15) is 0 Å². The van der Waals surface area contributed by atoms with E-state index in [1.54, 1.807) is 0 Å². The van der Waals surface area contributed by atoms with Crippen LogP contribution in [0, 0.1) is 5.92 Å². The van der Waals surface area contributed by atoms with E-state index in [0.717, 1.165) is 5.92 Å². The van der Waals surface area contributed by atoms with Gasteiger partial charge in [-0.25, -0.2) is 0 Å². The minimum absolute atomic E-state index is 0.646. The van der Waals surface area contributed by atoms with Crippen molar-refractivity contribution in [1.82, 2.24) is 0 Å². The molecule has 0 bridgehead atoms. The van der Waals surface area contributed by atoms with E-state index in [4.69, 9.17) is 3.07 Å². The van der Waals surface area contributed by atoms with Crippen molar-refractivity contribution >= 4 is 18.8 Å². The van der Waals surface area contributed by atoms with Crippen LogP contribution in [0.15, 0.2) is 0 Å². The van der Waals surface area contributed by atoms with Crippen molar-refractivity contribution in [2.75, 3.05) is 0 Å². The summed E-state index contributed by atoms with van der Waals surface area (Å²) >= 11 is -2.38. The summed E-state index contributed by atoms with van der Waals surface area (Å²) in [5.41, 5.74) is 0. The van der Waals surface area contributed by atoms with Crippen LogP contribution in [-0.2, 0) is 3.07 Å². The second-order valence-corrected chi connectivity index (χ2v) is 18.9. The van der Waals surface area contributed by atoms with Gasteiger partial charge < -0.3 is 0 Å². The first-order valence-corrected chi connectivity index (χ1v) is 17.1. The van der Waals surface area contributed by atoms with Gasteiger partial charge in [-0.1, -0.05) is 0 Å². The topological polar surface area (TPSA) is 9.23 Å². The van der Waals surface area contributed by atoms with Gasteiger partial charge in [0, 0.05) is 0 Å². The van der Waals surface area contributed by atoms with E-state index in [1.165, 1.54) is 77.5 Å². The first kappa shape index (κ1) is 19.8. The Bertz CT molecular complexity index is 240. The summed E-state index contributed by atoms with van der Waals surface area (Å²) in [5, 5.41) is 0. The number of hydrogen-bond donors (Lipinski definition) is 0. The van der Waals surface area contributed by atoms with Crippen molar-refractivity contribution in [3.8, 4) is 0 Å². The molecule has 0 amide bonds. The fourth-order valence-corrected chi connectivity index (χ4v) is 19.5. The fourth-order valence-electron chi connectivity index (χ4n) is 3.81. The molecular weight excluding hydrogens is 363 g/mol. The summed E-state index contributed by atoms with van der Waals surface area (Å²) in [4.78, 5) is 0. The molecular formula is C19H40OSn. The summed E-state index contributed by atoms with van der Waals surface area (Å²) in [6.07, 6.45) is 14.5. The normalized spacial score (nSPS) is 18.9. The van der Waals surface area contributed by atoms with Crippen LogP contribution in [0.1, 0.15) is 91.9 Å². The Morgan fingerprint density at radius 2 is 1.52 bits per heavy atom. The molecule has 1 rings (SSSR count). The van der Waals surface area contributed by atoms with E-state index >= 15 is 0 Å². The monoisotopic (exact) mass is 404 g/mol. The number of rotatable bonds is 11. The molecule has 0 spiro atoms. The van der Waals surface area contributed by atoms with Gasteiger partial charge >= 0.3 is 139 Å². The Hall–Kier alpha value is 0.759. The summed E-state index contributed by atoms with van der Waals surface area (Å²) < 4.78 is 11.5. The molecule has 0 aromatic carbocycles. The Labute approximate surface area is 139 Å². The Morgan fingerprint density at radius 1 is 0.952 bits per heavy atom. The van der Waals surface area contributed by atoms with Crippen LogP contribution < -0.4 is 0 Å². The maximum absolute atomic E-state index is 7.07. The Kier molecular flexibility index (Phi) is 10.7. The summed E-state index contributed by atoms with van der Waals surface area (Å²) in [6, 6.07) is 0. The first-order valence-electron chi connectivity index (χ1n) is 9.83. The van der Waals surface area contributed by atoms with Gasteiger partial charge in [0.25, 0.3) is 0 Å². The van der Waals surface area contributed by atoms with Crippen molar-refractivity contribution in [2.24, 2.45) is 5.92 Å². The Morgan fingerprint density at radius 3 is 2.00 bits per heavy atom. The summed E-state index contributed by atoms with van der Waals surface area (Å²) in [7, 11) is 0. The molecule has 1 nitrogen and oxygen atoms in total. The van der Waals surface area contributed by atoms with Gasteiger partial charge in [0.2, 0.25) is 0 Å². The van der Waals surface area contributed by atoms with E-state index in [0.29, 0.717) is 6.10 Å². The van der Waals surface area contributed by atoms with E-state index in [-0.39, 0.29) is 0 Å². The van der Waals surface area contributed by atoms with E-state index in [2.05, 4.69) is 27.7 Å². The predicted octanol–water partition coefficient (Wildman–Crippen LogP) is 6.93. The SMILES string of the molecule is CCC[CH2][Sn]([CH2]CCC)([CH2]C(C)CC)[O]C1CCCCC1. The molecule has 1 saturated carbocycles. The molecule has 2 heteroatoms. The molecule has 1 unspecified atom stereocenters. The molecule has 0 heterocycles. The van der Waals surface area contributed by atoms with Crippen molar-refractivity contribution in [1.29, 1.82) is 0 Å². The van der Waals surface area contributed by atoms with Crippen LogP contribution >= 0.6 is 0 Å². The average molecular weight is 403 g/mol. The van der Waals surface area contributed by atoms with Gasteiger partial charge in [0.05, 0.1) is 0 Å². The molecule has 0 aromatic heterocycles. The van der Waals surface area contributed by atoms with E-state index < -0.39 is 18.8 Å². The molecule has 1 atom stereocenters. The van der Waals surface area contributed by atoms with Gasteiger partial charge in [-0.2, -0.15) is 0 Å². The molecule has 0 N–H and O–H groups in total. The van der Waals surface area contributed by atoms with Crippen molar-refractivity contribution in [3.05, 3.63) is 0 Å². The zero-order valence-electron chi connectivity index (χ0n) is 15.3. The van der Waals surface area contributed by atoms with Gasteiger partial charge in [-0.05, 0) is 0 Å². The molecule has 21 heavy (non-hydrogen) atoms. The van der Waals surface area contributed by atoms with Crippen molar-refractivity contribution < 1.29 is 3.07 Å². The third-order valence-corrected chi connectivity index (χ3v) is 19.1. The van der Waals surface area contributed by atoms with Crippen LogP contribution in [0.2, 0.25) is 13.3 Å². The van der Waals surface area contributed by atoms with E-state index in [1.807, 2.05) is 0 Å². The maximum atomic E-state index is 7.07. The quantitative estimate of drug-likeness (QED) is 0.340. The van der Waals surface area contributed by atoms with E-state index in [9.17, 15) is 0 Å². The van der Waals surface area contributed by atoms with Crippen LogP contribution in [0.3, 0.4) is 0 Å². The molecule has 126 valence electrons. The molecule has 0 saturated heterocycles. The van der Waals surface area contributed by atoms with Crippen molar-refractivity contribution in [3.63, 3.8) is 0 Å². The second-order valence-electron chi connectivity index (χ2n) is 7.49. The number of unbranched alkanes of at least 4 members (excludes halogenated alkanes) is 2. The number of hydrogen-bond acceptors (Lipinski definition) is 1. The zero-order chi connectivity index (χ0) is 15.6. The summed E-state index contributed by atoms with van der Waals surface area (Å²) in [6.45, 7) is 9.52. The molecule has 1 fully saturated rings. The molecule has 0 aliphatic heterocycles. The zero-order valence-corrected chi connectivity index (χ0v) is 18.1. The minimum atomic E-state index is -2.38. The van der Waals surface area contributed by atoms with Gasteiger partial charge in [0.15, 0.2) is 0 Å². The van der Waals surface area contributed by atoms with Crippen molar-refractivity contribution in [2.45, 2.75) is 111 Å². The second kappa shape index (κ2) is 11.3. The van der Waals surface area contributed by atoms with Crippen LogP contribution in [-0.4, -0.2) is 24.9 Å². The van der Waals surface area contributed by atoms with Crippen LogP contribution in [0.5, 0.6) is 0 Å². The van der Waals surface area contributed by atoms with Gasteiger partial charge in [-0.15, -0.1) is 0 Å². The average Bonchev–Trinajstić information content (AvgIpc) is 2.51. The van der Waals surface area contributed by atoms with Gasteiger partial charge in [-0.3, -0.25) is 0 Å². The standard InChI is InChI=1S/C6H11O.C5H11.2C4H9.Sn/c7-6-4-2-1-3-5-6;1-4-5(2)3;2*1-3-4-2;/h6H,1-5H2;5H,2,4H2,1,3H3;2*1,3-4H2,2H3;/q-1;;;;+1. The third-order valence-electron chi connectivity index (χ3n) is 5.36. The molecule has 0 radical (unpaired) electrons. The summed E-state index contributed by atoms with van der Waals surface area (Å²) in [5.74, 6) is 0.887. The molecule has 1 aliphatic rings. The van der Waals surface area contributed by atoms with Crippen LogP contribution in [0.4, 0.5) is 0 Å². The van der Waals surface area contributed by atoms with Crippen LogP contribution in [0.25, 0.3) is 0 Å².